The van der Waals surface area contributed by atoms with Crippen molar-refractivity contribution in [3.8, 4) is 0 Å². The molecule has 184 valence electrons. The molecule has 1 aromatic carbocycles. The number of hydrogen-bond donors (Lipinski definition) is 1. The summed E-state index contributed by atoms with van der Waals surface area (Å²) in [6.07, 6.45) is -2.90. The summed E-state index contributed by atoms with van der Waals surface area (Å²) in [6.45, 7) is 3.20. The Kier molecular flexibility index (Phi) is 5.70. The van der Waals surface area contributed by atoms with Gasteiger partial charge in [-0.15, -0.1) is 11.3 Å². The molecule has 1 N–H and O–H groups in total. The Morgan fingerprint density at radius 3 is 2.65 bits per heavy atom. The molecule has 0 radical (unpaired) electrons. The van der Waals surface area contributed by atoms with E-state index in [1.807, 2.05) is 18.2 Å². The number of thiophene rings is 1. The van der Waals surface area contributed by atoms with Crippen molar-refractivity contribution in [2.75, 3.05) is 13.2 Å². The molecule has 0 bridgehead atoms. The van der Waals surface area contributed by atoms with Gasteiger partial charge in [-0.05, 0) is 49.4 Å². The van der Waals surface area contributed by atoms with Crippen LogP contribution in [-0.2, 0) is 50.2 Å². The molecule has 0 amide bonds. The largest absolute Gasteiger partial charge is 0.425 e. The van der Waals surface area contributed by atoms with E-state index in [1.54, 1.807) is 23.2 Å². The van der Waals surface area contributed by atoms with E-state index in [4.69, 9.17) is 4.74 Å². The van der Waals surface area contributed by atoms with Gasteiger partial charge in [-0.1, -0.05) is 6.07 Å². The molecule has 5 rings (SSSR count). The smallest absolute Gasteiger partial charge is 0.392 e. The number of benzene rings is 1. The van der Waals surface area contributed by atoms with Crippen LogP contribution in [0.25, 0.3) is 11.0 Å². The maximum Gasteiger partial charge on any atom is 0.425 e. The van der Waals surface area contributed by atoms with E-state index < -0.39 is 23.3 Å². The topological polar surface area (TPSA) is 59.6 Å². The van der Waals surface area contributed by atoms with Crippen LogP contribution in [0.3, 0.4) is 0 Å². The third kappa shape index (κ3) is 3.62. The van der Waals surface area contributed by atoms with Crippen LogP contribution in [0.2, 0.25) is 0 Å². The maximum atomic E-state index is 13.7. The fourth-order valence-electron chi connectivity index (χ4n) is 5.65. The van der Waals surface area contributed by atoms with E-state index in [2.05, 4.69) is 11.8 Å². The highest BCUT2D eigenvalue weighted by atomic mass is 32.1. The first-order valence-corrected chi connectivity index (χ1v) is 12.2. The number of aliphatic hydroxyl groups excluding tert-OH is 1. The quantitative estimate of drug-likeness (QED) is 0.599. The zero-order valence-electron chi connectivity index (χ0n) is 19.4. The zero-order chi connectivity index (χ0) is 24.4. The average molecular weight is 496 g/mol. The fraction of sp³-hybridized carbons (Fsp3) is 0.542. The SMILES string of the molecule is C[C@H]1C[C@@]2(CCN1Cc1ccc3c(c1)n(C)c(=O)n3C)OCCc1c2sc(C(F)(F)F)c1CO. The number of piperidine rings is 1. The monoisotopic (exact) mass is 495 g/mol. The number of ether oxygens (including phenoxy) is 1. The highest BCUT2D eigenvalue weighted by Gasteiger charge is 2.48. The van der Waals surface area contributed by atoms with Crippen molar-refractivity contribution < 1.29 is 23.0 Å². The standard InChI is InChI=1S/C24H28F3N3O3S/c1-14-11-23(20-16(6-9-33-23)17(13-31)21(34-20)24(25,26)27)7-8-30(14)12-15-4-5-18-19(10-15)29(3)22(32)28(18)2/h4-5,10,14,31H,6-9,11-13H2,1-3H3/t14-,23+/m0/s1. The van der Waals surface area contributed by atoms with Gasteiger partial charge in [0, 0.05) is 43.7 Å². The average Bonchev–Trinajstić information content (AvgIpc) is 3.29. The van der Waals surface area contributed by atoms with E-state index in [9.17, 15) is 23.1 Å². The minimum atomic E-state index is -4.48. The molecule has 6 nitrogen and oxygen atoms in total. The molecule has 0 saturated carbocycles. The van der Waals surface area contributed by atoms with E-state index >= 15 is 0 Å². The number of aliphatic hydroxyl groups is 1. The summed E-state index contributed by atoms with van der Waals surface area (Å²) < 4.78 is 50.4. The van der Waals surface area contributed by atoms with Crippen molar-refractivity contribution >= 4 is 22.4 Å². The minimum absolute atomic E-state index is 0.0204. The van der Waals surface area contributed by atoms with Crippen LogP contribution >= 0.6 is 11.3 Å². The molecule has 34 heavy (non-hydrogen) atoms. The number of likely N-dealkylation sites (tertiary alicyclic amines) is 1. The van der Waals surface area contributed by atoms with Gasteiger partial charge in [0.25, 0.3) is 0 Å². The van der Waals surface area contributed by atoms with Gasteiger partial charge in [-0.25, -0.2) is 4.79 Å². The van der Waals surface area contributed by atoms with E-state index in [-0.39, 0.29) is 17.3 Å². The number of aromatic nitrogens is 2. The molecular weight excluding hydrogens is 467 g/mol. The molecule has 1 saturated heterocycles. The lowest BCUT2D eigenvalue weighted by Gasteiger charge is -2.47. The molecule has 2 aromatic heterocycles. The molecule has 4 heterocycles. The molecule has 10 heteroatoms. The van der Waals surface area contributed by atoms with Crippen molar-refractivity contribution in [2.45, 2.75) is 57.2 Å². The number of alkyl halides is 3. The van der Waals surface area contributed by atoms with Crippen molar-refractivity contribution in [3.63, 3.8) is 0 Å². The number of aryl methyl sites for hydroxylation is 2. The first-order valence-electron chi connectivity index (χ1n) is 11.4. The Labute approximate surface area is 199 Å². The molecular formula is C24H28F3N3O3S. The Morgan fingerprint density at radius 1 is 1.24 bits per heavy atom. The van der Waals surface area contributed by atoms with Gasteiger partial charge in [-0.2, -0.15) is 13.2 Å². The Balaban J connectivity index is 1.41. The van der Waals surface area contributed by atoms with E-state index in [0.29, 0.717) is 49.4 Å². The summed E-state index contributed by atoms with van der Waals surface area (Å²) in [4.78, 5) is 14.5. The lowest BCUT2D eigenvalue weighted by molar-refractivity contribution is -0.135. The van der Waals surface area contributed by atoms with E-state index in [0.717, 1.165) is 27.9 Å². The van der Waals surface area contributed by atoms with Crippen molar-refractivity contribution in [1.82, 2.24) is 14.0 Å². The summed E-state index contributed by atoms with van der Waals surface area (Å²) in [7, 11) is 3.52. The van der Waals surface area contributed by atoms with Gasteiger partial charge in [0.15, 0.2) is 0 Å². The molecule has 2 aliphatic rings. The maximum absolute atomic E-state index is 13.7. The summed E-state index contributed by atoms with van der Waals surface area (Å²) in [5.41, 5.74) is 2.68. The zero-order valence-corrected chi connectivity index (χ0v) is 20.2. The number of imidazole rings is 1. The normalized spacial score (nSPS) is 23.7. The predicted molar refractivity (Wildman–Crippen MR) is 124 cm³/mol. The second kappa shape index (κ2) is 8.22. The van der Waals surface area contributed by atoms with Crippen LogP contribution in [0.4, 0.5) is 13.2 Å². The highest BCUT2D eigenvalue weighted by molar-refractivity contribution is 7.12. The molecule has 2 aliphatic heterocycles. The molecule has 1 spiro atoms. The molecule has 0 unspecified atom stereocenters. The first kappa shape index (κ1) is 23.6. The van der Waals surface area contributed by atoms with Gasteiger partial charge in [0.2, 0.25) is 0 Å². The van der Waals surface area contributed by atoms with Crippen LogP contribution in [-0.4, -0.2) is 38.3 Å². The van der Waals surface area contributed by atoms with Gasteiger partial charge >= 0.3 is 11.9 Å². The summed E-state index contributed by atoms with van der Waals surface area (Å²) in [6, 6.07) is 6.10. The van der Waals surface area contributed by atoms with Crippen molar-refractivity contribution in [1.29, 1.82) is 0 Å². The lowest BCUT2D eigenvalue weighted by atomic mass is 9.81. The number of rotatable bonds is 3. The number of nitrogens with zero attached hydrogens (tertiary/aromatic N) is 3. The van der Waals surface area contributed by atoms with Crippen molar-refractivity contribution in [3.05, 3.63) is 55.1 Å². The number of halogens is 3. The van der Waals surface area contributed by atoms with E-state index in [1.165, 1.54) is 0 Å². The van der Waals surface area contributed by atoms with Crippen molar-refractivity contribution in [2.24, 2.45) is 14.1 Å². The summed E-state index contributed by atoms with van der Waals surface area (Å²) in [5.74, 6) is 0. The summed E-state index contributed by atoms with van der Waals surface area (Å²) >= 11 is 0.750. The van der Waals surface area contributed by atoms with Crippen LogP contribution < -0.4 is 5.69 Å². The second-order valence-electron chi connectivity index (χ2n) is 9.46. The fourth-order valence-corrected chi connectivity index (χ4v) is 7.06. The van der Waals surface area contributed by atoms with Crippen LogP contribution in [0.1, 0.15) is 46.2 Å². The highest BCUT2D eigenvalue weighted by Crippen LogP contribution is 2.51. The van der Waals surface area contributed by atoms with Gasteiger partial charge in [0.05, 0.1) is 24.2 Å². The Hall–Kier alpha value is -2.14. The van der Waals surface area contributed by atoms with Gasteiger partial charge in [-0.3, -0.25) is 14.0 Å². The first-order chi connectivity index (χ1) is 16.1. The Morgan fingerprint density at radius 2 is 1.97 bits per heavy atom. The lowest BCUT2D eigenvalue weighted by Crippen LogP contribution is -2.50. The number of fused-ring (bicyclic) bond motifs is 3. The molecule has 2 atom stereocenters. The third-order valence-electron chi connectivity index (χ3n) is 7.45. The van der Waals surface area contributed by atoms with Gasteiger partial charge in [0.1, 0.15) is 10.5 Å². The van der Waals surface area contributed by atoms with Crippen LogP contribution in [0, 0.1) is 0 Å². The molecule has 0 aliphatic carbocycles. The minimum Gasteiger partial charge on any atom is -0.392 e. The third-order valence-corrected chi connectivity index (χ3v) is 8.95. The second-order valence-corrected chi connectivity index (χ2v) is 10.5. The Bertz CT molecular complexity index is 1310. The number of hydrogen-bond acceptors (Lipinski definition) is 5. The predicted octanol–water partition coefficient (Wildman–Crippen LogP) is 3.90. The van der Waals surface area contributed by atoms with Crippen LogP contribution in [0.5, 0.6) is 0 Å². The molecule has 3 aromatic rings. The van der Waals surface area contributed by atoms with Gasteiger partial charge < -0.3 is 9.84 Å². The van der Waals surface area contributed by atoms with Crippen LogP contribution in [0.15, 0.2) is 23.0 Å². The molecule has 1 fully saturated rings. The summed E-state index contributed by atoms with van der Waals surface area (Å²) in [5, 5.41) is 9.72.